The van der Waals surface area contributed by atoms with Crippen LogP contribution in [0.3, 0.4) is 0 Å². The van der Waals surface area contributed by atoms with E-state index in [1.165, 1.54) is 97.8 Å². The van der Waals surface area contributed by atoms with Crippen molar-refractivity contribution in [2.75, 3.05) is 0 Å². The Morgan fingerprint density at radius 1 is 0.673 bits per heavy atom. The van der Waals surface area contributed by atoms with Gasteiger partial charge in [-0.1, -0.05) is 112 Å². The first-order chi connectivity index (χ1) is 25.4. The molecule has 4 bridgehead atoms. The van der Waals surface area contributed by atoms with E-state index >= 15 is 0 Å². The lowest BCUT2D eigenvalue weighted by Crippen LogP contribution is -2.77. The van der Waals surface area contributed by atoms with Gasteiger partial charge in [-0.15, -0.1) is 0 Å². The molecule has 2 nitrogen and oxygen atoms in total. The zero-order chi connectivity index (χ0) is 34.3. The van der Waals surface area contributed by atoms with Crippen LogP contribution >= 0.6 is 11.8 Å². The SMILES string of the molecule is C[Si]1(C)c2ccccc2B2c3cc(-n4c5ccccc5c5cc(C67CC8CC(CC(C8)C6)C7)ccc54)ccc3Sc3cc(-c4ccccn4)cc1c32. The summed E-state index contributed by atoms with van der Waals surface area (Å²) >= 11 is 1.96. The standard InChI is InChI=1S/C47H41BN2SSi/c1-52(2)44-13-6-4-10-37(44)48-38-25-34(15-17-42(38)51-43-22-32(23-45(52)46(43)48)39-11-7-8-18-49-39)50-40-12-5-3-9-35(40)36-24-33(14-16-41(36)50)47-26-29-19-30(27-47)21-31(20-29)28-47/h3-18,22-25,29-31H,19-21,26-28H2,1-2H3. The molecule has 5 aromatic carbocycles. The van der Waals surface area contributed by atoms with E-state index in [1.54, 1.807) is 15.9 Å². The number of aromatic nitrogens is 2. The highest BCUT2D eigenvalue weighted by atomic mass is 32.2. The average molecular weight is 705 g/mol. The van der Waals surface area contributed by atoms with E-state index in [1.807, 2.05) is 24.0 Å². The van der Waals surface area contributed by atoms with E-state index < -0.39 is 8.07 Å². The Morgan fingerprint density at radius 2 is 1.42 bits per heavy atom. The Kier molecular flexibility index (Phi) is 6.17. The fraction of sp³-hybridized carbons (Fsp3) is 0.255. The van der Waals surface area contributed by atoms with Crippen molar-refractivity contribution in [3.8, 4) is 16.9 Å². The second-order valence-corrected chi connectivity index (χ2v) is 22.8. The summed E-state index contributed by atoms with van der Waals surface area (Å²) in [5, 5.41) is 5.92. The third kappa shape index (κ3) is 4.13. The summed E-state index contributed by atoms with van der Waals surface area (Å²) in [6.07, 6.45) is 10.6. The summed E-state index contributed by atoms with van der Waals surface area (Å²) in [5.41, 5.74) is 12.7. The molecule has 0 saturated heterocycles. The van der Waals surface area contributed by atoms with E-state index in [2.05, 4.69) is 127 Å². The monoisotopic (exact) mass is 704 g/mol. The molecule has 52 heavy (non-hydrogen) atoms. The number of pyridine rings is 1. The molecule has 4 saturated carbocycles. The second kappa shape index (κ2) is 10.6. The molecule has 7 aromatic rings. The minimum Gasteiger partial charge on any atom is -0.309 e. The van der Waals surface area contributed by atoms with Crippen molar-refractivity contribution in [3.63, 3.8) is 0 Å². The highest BCUT2D eigenvalue weighted by molar-refractivity contribution is 8.00. The first-order valence-electron chi connectivity index (χ1n) is 19.5. The molecule has 0 unspecified atom stereocenters. The van der Waals surface area contributed by atoms with Gasteiger partial charge in [0.15, 0.2) is 0 Å². The van der Waals surface area contributed by atoms with Crippen molar-refractivity contribution in [3.05, 3.63) is 127 Å². The predicted molar refractivity (Wildman–Crippen MR) is 222 cm³/mol. The predicted octanol–water partition coefficient (Wildman–Crippen LogP) is 8.43. The van der Waals surface area contributed by atoms with Gasteiger partial charge in [0, 0.05) is 38.0 Å². The minimum absolute atomic E-state index is 0.214. The van der Waals surface area contributed by atoms with E-state index in [4.69, 9.17) is 4.98 Å². The van der Waals surface area contributed by atoms with Crippen LogP contribution in [0.25, 0.3) is 38.8 Å². The summed E-state index contributed by atoms with van der Waals surface area (Å²) < 4.78 is 2.56. The second-order valence-electron chi connectivity index (χ2n) is 17.4. The van der Waals surface area contributed by atoms with Gasteiger partial charge in [-0.05, 0) is 122 Å². The van der Waals surface area contributed by atoms with E-state index in [9.17, 15) is 0 Å². The Balaban J connectivity index is 1.04. The molecule has 13 rings (SSSR count). The molecule has 6 aliphatic rings. The third-order valence-corrected chi connectivity index (χ3v) is 18.8. The number of fused-ring (bicyclic) bond motifs is 7. The van der Waals surface area contributed by atoms with Gasteiger partial charge in [-0.3, -0.25) is 4.98 Å². The van der Waals surface area contributed by atoms with E-state index in [0.717, 1.165) is 23.4 Å². The fourth-order valence-electron chi connectivity index (χ4n) is 12.3. The summed E-state index contributed by atoms with van der Waals surface area (Å²) in [5.74, 6) is 2.84. The molecule has 5 heteroatoms. The van der Waals surface area contributed by atoms with Gasteiger partial charge in [-0.2, -0.15) is 0 Å². The normalized spacial score (nSPS) is 24.6. The molecule has 252 valence electrons. The van der Waals surface area contributed by atoms with Crippen molar-refractivity contribution < 1.29 is 0 Å². The van der Waals surface area contributed by atoms with Crippen molar-refractivity contribution in [1.29, 1.82) is 0 Å². The van der Waals surface area contributed by atoms with Gasteiger partial charge in [0.05, 0.1) is 16.7 Å². The molecule has 0 radical (unpaired) electrons. The van der Waals surface area contributed by atoms with Crippen LogP contribution in [0.15, 0.2) is 131 Å². The Morgan fingerprint density at radius 3 is 2.23 bits per heavy atom. The summed E-state index contributed by atoms with van der Waals surface area (Å²) in [6, 6.07) is 44.7. The topological polar surface area (TPSA) is 17.8 Å². The molecular weight excluding hydrogens is 663 g/mol. The largest absolute Gasteiger partial charge is 0.309 e. The molecule has 2 aromatic heterocycles. The van der Waals surface area contributed by atoms with Gasteiger partial charge in [0.25, 0.3) is 0 Å². The van der Waals surface area contributed by atoms with Crippen molar-refractivity contribution in [2.45, 2.75) is 66.8 Å². The van der Waals surface area contributed by atoms with Gasteiger partial charge < -0.3 is 4.57 Å². The van der Waals surface area contributed by atoms with Crippen molar-refractivity contribution >= 4 is 75.1 Å². The maximum Gasteiger partial charge on any atom is 0.243 e. The number of para-hydroxylation sites is 1. The van der Waals surface area contributed by atoms with Crippen LogP contribution in [-0.4, -0.2) is 24.3 Å². The number of benzene rings is 5. The molecule has 4 fully saturated rings. The molecule has 4 heterocycles. The van der Waals surface area contributed by atoms with Crippen LogP contribution in [0.2, 0.25) is 13.1 Å². The third-order valence-electron chi connectivity index (χ3n) is 14.1. The zero-order valence-electron chi connectivity index (χ0n) is 29.9. The van der Waals surface area contributed by atoms with Gasteiger partial charge in [0.1, 0.15) is 8.07 Å². The fourth-order valence-corrected chi connectivity index (χ4v) is 16.8. The highest BCUT2D eigenvalue weighted by Crippen LogP contribution is 2.61. The molecule has 0 N–H and O–H groups in total. The van der Waals surface area contributed by atoms with Crippen LogP contribution in [0.5, 0.6) is 0 Å². The average Bonchev–Trinajstić information content (AvgIpc) is 3.50. The van der Waals surface area contributed by atoms with Gasteiger partial charge in [0.2, 0.25) is 6.71 Å². The van der Waals surface area contributed by atoms with Crippen LogP contribution in [-0.2, 0) is 5.41 Å². The maximum absolute atomic E-state index is 4.79. The highest BCUT2D eigenvalue weighted by Gasteiger charge is 2.52. The van der Waals surface area contributed by atoms with Crippen LogP contribution in [0.1, 0.15) is 44.1 Å². The lowest BCUT2D eigenvalue weighted by molar-refractivity contribution is -0.00512. The molecular formula is C47H41BN2SSi. The lowest BCUT2D eigenvalue weighted by atomic mass is 9.36. The van der Waals surface area contributed by atoms with Gasteiger partial charge >= 0.3 is 0 Å². The molecule has 0 atom stereocenters. The first kappa shape index (κ1) is 30.2. The van der Waals surface area contributed by atoms with Crippen molar-refractivity contribution in [1.82, 2.24) is 9.55 Å². The van der Waals surface area contributed by atoms with Crippen LogP contribution < -0.4 is 26.8 Å². The van der Waals surface area contributed by atoms with Gasteiger partial charge in [-0.25, -0.2) is 0 Å². The van der Waals surface area contributed by atoms with Crippen LogP contribution in [0.4, 0.5) is 0 Å². The Bertz CT molecular complexity index is 2610. The Hall–Kier alpha value is -4.32. The number of nitrogens with zero attached hydrogens (tertiary/aromatic N) is 2. The minimum atomic E-state index is -1.99. The van der Waals surface area contributed by atoms with E-state index in [-0.39, 0.29) is 6.71 Å². The number of hydrogen-bond acceptors (Lipinski definition) is 2. The molecule has 0 spiro atoms. The molecule has 4 aliphatic carbocycles. The number of rotatable bonds is 3. The molecule has 0 amide bonds. The Labute approximate surface area is 311 Å². The summed E-state index contributed by atoms with van der Waals surface area (Å²) in [6.45, 7) is 5.31. The molecule has 2 aliphatic heterocycles. The number of hydrogen-bond donors (Lipinski definition) is 0. The summed E-state index contributed by atoms with van der Waals surface area (Å²) in [4.78, 5) is 7.55. The summed E-state index contributed by atoms with van der Waals surface area (Å²) in [7, 11) is -1.99. The first-order valence-corrected chi connectivity index (χ1v) is 23.3. The van der Waals surface area contributed by atoms with Crippen LogP contribution in [0, 0.1) is 17.8 Å². The quantitative estimate of drug-likeness (QED) is 0.172. The smallest absolute Gasteiger partial charge is 0.243 e. The lowest BCUT2D eigenvalue weighted by Gasteiger charge is -2.57. The zero-order valence-corrected chi connectivity index (χ0v) is 31.7. The maximum atomic E-state index is 4.79. The van der Waals surface area contributed by atoms with E-state index in [0.29, 0.717) is 5.41 Å². The van der Waals surface area contributed by atoms with Crippen molar-refractivity contribution in [2.24, 2.45) is 17.8 Å².